The number of rotatable bonds is 6. The fourth-order valence-corrected chi connectivity index (χ4v) is 6.49. The molecule has 4 saturated carbocycles. The second-order valence-electron chi connectivity index (χ2n) is 10.3. The highest BCUT2D eigenvalue weighted by atomic mass is 16.6. The Bertz CT molecular complexity index is 925. The number of ether oxygens (including phenoxy) is 3. The van der Waals surface area contributed by atoms with Crippen LogP contribution in [0.1, 0.15) is 52.4 Å². The van der Waals surface area contributed by atoms with Gasteiger partial charge in [-0.25, -0.2) is 4.79 Å². The lowest BCUT2D eigenvalue weighted by atomic mass is 9.49. The summed E-state index contributed by atoms with van der Waals surface area (Å²) >= 11 is 0. The molecule has 2 atom stereocenters. The molecule has 8 heteroatoms. The highest BCUT2D eigenvalue weighted by molar-refractivity contribution is 5.96. The molecular weight excluding hydrogens is 424 g/mol. The van der Waals surface area contributed by atoms with Gasteiger partial charge in [0.05, 0.1) is 0 Å². The number of esters is 1. The van der Waals surface area contributed by atoms with E-state index in [1.807, 2.05) is 0 Å². The molecule has 4 bridgehead atoms. The molecule has 2 amide bonds. The van der Waals surface area contributed by atoms with Gasteiger partial charge in [-0.05, 0) is 82.3 Å². The van der Waals surface area contributed by atoms with Crippen LogP contribution in [0.4, 0.5) is 5.69 Å². The highest BCUT2D eigenvalue weighted by Crippen LogP contribution is 2.60. The van der Waals surface area contributed by atoms with Crippen LogP contribution < -0.4 is 20.1 Å². The maximum Gasteiger partial charge on any atom is 0.329 e. The van der Waals surface area contributed by atoms with Gasteiger partial charge >= 0.3 is 5.97 Å². The van der Waals surface area contributed by atoms with Crippen LogP contribution in [0.5, 0.6) is 11.5 Å². The molecule has 1 aromatic carbocycles. The minimum absolute atomic E-state index is 0.0283. The zero-order valence-electron chi connectivity index (χ0n) is 19.2. The van der Waals surface area contributed by atoms with E-state index < -0.39 is 24.0 Å². The van der Waals surface area contributed by atoms with Gasteiger partial charge in [0.15, 0.2) is 17.6 Å². The summed E-state index contributed by atoms with van der Waals surface area (Å²) in [5.41, 5.74) is 0.195. The standard InChI is InChI=1S/C25H32N2O6/c1-14(26-24(30)25-11-16-7-17(12-25)9-18(8-16)13-25)23(29)33-15(2)22(28)27-19-3-4-20-21(10-19)32-6-5-31-20/h3-4,10,14-18H,5-9,11-13H2,1-2H3,(H,26,30)(H,27,28). The molecule has 0 radical (unpaired) electrons. The first-order valence-electron chi connectivity index (χ1n) is 12.0. The molecule has 2 unspecified atom stereocenters. The van der Waals surface area contributed by atoms with Gasteiger partial charge in [-0.2, -0.15) is 0 Å². The minimum Gasteiger partial charge on any atom is -0.486 e. The predicted molar refractivity (Wildman–Crippen MR) is 120 cm³/mol. The van der Waals surface area contributed by atoms with E-state index >= 15 is 0 Å². The van der Waals surface area contributed by atoms with Crippen LogP contribution in [-0.2, 0) is 19.1 Å². The van der Waals surface area contributed by atoms with Crippen LogP contribution >= 0.6 is 0 Å². The summed E-state index contributed by atoms with van der Waals surface area (Å²) < 4.78 is 16.4. The largest absolute Gasteiger partial charge is 0.486 e. The van der Waals surface area contributed by atoms with E-state index in [-0.39, 0.29) is 11.3 Å². The topological polar surface area (TPSA) is 103 Å². The van der Waals surface area contributed by atoms with Crippen molar-refractivity contribution in [2.75, 3.05) is 18.5 Å². The minimum atomic E-state index is -1.01. The summed E-state index contributed by atoms with van der Waals surface area (Å²) in [6.07, 6.45) is 5.54. The third kappa shape index (κ3) is 4.39. The van der Waals surface area contributed by atoms with Crippen molar-refractivity contribution in [3.8, 4) is 11.5 Å². The van der Waals surface area contributed by atoms with E-state index in [0.717, 1.165) is 19.3 Å². The number of hydrogen-bond acceptors (Lipinski definition) is 6. The maximum atomic E-state index is 13.2. The summed E-state index contributed by atoms with van der Waals surface area (Å²) in [4.78, 5) is 38.3. The first-order chi connectivity index (χ1) is 15.8. The van der Waals surface area contributed by atoms with Crippen molar-refractivity contribution in [2.45, 2.75) is 64.5 Å². The fourth-order valence-electron chi connectivity index (χ4n) is 6.49. The number of hydrogen-bond donors (Lipinski definition) is 2. The number of anilines is 1. The van der Waals surface area contributed by atoms with Crippen molar-refractivity contribution >= 4 is 23.5 Å². The number of benzene rings is 1. The number of nitrogens with one attached hydrogen (secondary N) is 2. The van der Waals surface area contributed by atoms with E-state index in [1.165, 1.54) is 26.2 Å². The Labute approximate surface area is 193 Å². The smallest absolute Gasteiger partial charge is 0.329 e. The lowest BCUT2D eigenvalue weighted by Crippen LogP contribution is -2.56. The summed E-state index contributed by atoms with van der Waals surface area (Å²) in [6, 6.07) is 4.29. The van der Waals surface area contributed by atoms with Crippen molar-refractivity contribution in [3.63, 3.8) is 0 Å². The summed E-state index contributed by atoms with van der Waals surface area (Å²) in [7, 11) is 0. The monoisotopic (exact) mass is 456 g/mol. The number of amides is 2. The number of carbonyl (C=O) groups is 3. The number of carbonyl (C=O) groups excluding carboxylic acids is 3. The second-order valence-corrected chi connectivity index (χ2v) is 10.3. The van der Waals surface area contributed by atoms with Crippen molar-refractivity contribution < 1.29 is 28.6 Å². The van der Waals surface area contributed by atoms with E-state index in [2.05, 4.69) is 10.6 Å². The van der Waals surface area contributed by atoms with Crippen molar-refractivity contribution in [2.24, 2.45) is 23.2 Å². The molecule has 0 aromatic heterocycles. The van der Waals surface area contributed by atoms with Crippen molar-refractivity contribution in [1.82, 2.24) is 5.32 Å². The van der Waals surface area contributed by atoms with Gasteiger partial charge in [-0.15, -0.1) is 0 Å². The van der Waals surface area contributed by atoms with Gasteiger partial charge in [-0.3, -0.25) is 9.59 Å². The van der Waals surface area contributed by atoms with E-state index in [1.54, 1.807) is 25.1 Å². The number of fused-ring (bicyclic) bond motifs is 1. The van der Waals surface area contributed by atoms with Crippen LogP contribution in [0.2, 0.25) is 0 Å². The molecular formula is C25H32N2O6. The third-order valence-corrected chi connectivity index (χ3v) is 7.69. The summed E-state index contributed by atoms with van der Waals surface area (Å²) in [5.74, 6) is 2.03. The normalized spacial score (nSPS) is 30.8. The van der Waals surface area contributed by atoms with Gasteiger partial charge in [0.1, 0.15) is 19.3 Å². The third-order valence-electron chi connectivity index (χ3n) is 7.69. The van der Waals surface area contributed by atoms with Gasteiger partial charge < -0.3 is 24.8 Å². The Morgan fingerprint density at radius 2 is 1.58 bits per heavy atom. The molecule has 1 aliphatic heterocycles. The molecule has 33 heavy (non-hydrogen) atoms. The SMILES string of the molecule is CC(NC(=O)C12CC3CC(CC(C3)C1)C2)C(=O)OC(C)C(=O)Nc1ccc2c(c1)OCCO2. The first-order valence-corrected chi connectivity index (χ1v) is 12.0. The van der Waals surface area contributed by atoms with Crippen molar-refractivity contribution in [3.05, 3.63) is 18.2 Å². The fraction of sp³-hybridized carbons (Fsp3) is 0.640. The van der Waals surface area contributed by atoms with Crippen LogP contribution in [0.25, 0.3) is 0 Å². The average molecular weight is 457 g/mol. The molecule has 8 nitrogen and oxygen atoms in total. The molecule has 178 valence electrons. The molecule has 4 fully saturated rings. The molecule has 6 rings (SSSR count). The zero-order valence-corrected chi connectivity index (χ0v) is 19.2. The van der Waals surface area contributed by atoms with Crippen LogP contribution in [0.15, 0.2) is 18.2 Å². The highest BCUT2D eigenvalue weighted by Gasteiger charge is 2.54. The molecule has 2 N–H and O–H groups in total. The van der Waals surface area contributed by atoms with Gasteiger partial charge in [0, 0.05) is 17.2 Å². The van der Waals surface area contributed by atoms with Gasteiger partial charge in [0.2, 0.25) is 5.91 Å². The Balaban J connectivity index is 1.14. The lowest BCUT2D eigenvalue weighted by Gasteiger charge is -2.55. The van der Waals surface area contributed by atoms with E-state index in [9.17, 15) is 14.4 Å². The maximum absolute atomic E-state index is 13.2. The Kier molecular flexibility index (Phi) is 5.70. The van der Waals surface area contributed by atoms with Gasteiger partial charge in [-0.1, -0.05) is 0 Å². The van der Waals surface area contributed by atoms with Crippen LogP contribution in [0, 0.1) is 23.2 Å². The molecule has 4 aliphatic carbocycles. The lowest BCUT2D eigenvalue weighted by molar-refractivity contribution is -0.158. The molecule has 1 heterocycles. The molecule has 5 aliphatic rings. The summed E-state index contributed by atoms with van der Waals surface area (Å²) in [6.45, 7) is 4.07. The Morgan fingerprint density at radius 3 is 2.21 bits per heavy atom. The quantitative estimate of drug-likeness (QED) is 0.638. The van der Waals surface area contributed by atoms with Crippen molar-refractivity contribution in [1.29, 1.82) is 0 Å². The Morgan fingerprint density at radius 1 is 0.970 bits per heavy atom. The first kappa shape index (κ1) is 22.0. The van der Waals surface area contributed by atoms with E-state index in [4.69, 9.17) is 14.2 Å². The summed E-state index contributed by atoms with van der Waals surface area (Å²) in [5, 5.41) is 5.62. The predicted octanol–water partition coefficient (Wildman–Crippen LogP) is 3.05. The zero-order chi connectivity index (χ0) is 23.2. The molecule has 1 aromatic rings. The van der Waals surface area contributed by atoms with Crippen LogP contribution in [-0.4, -0.2) is 43.1 Å². The molecule has 0 saturated heterocycles. The second kappa shape index (κ2) is 8.54. The van der Waals surface area contributed by atoms with Crippen LogP contribution in [0.3, 0.4) is 0 Å². The van der Waals surface area contributed by atoms with Gasteiger partial charge in [0.25, 0.3) is 5.91 Å². The molecule has 0 spiro atoms. The Hall–Kier alpha value is -2.77. The average Bonchev–Trinajstić information content (AvgIpc) is 2.78. The van der Waals surface area contributed by atoms with E-state index in [0.29, 0.717) is 48.2 Å².